The van der Waals surface area contributed by atoms with Gasteiger partial charge in [0.1, 0.15) is 5.76 Å². The summed E-state index contributed by atoms with van der Waals surface area (Å²) in [6.07, 6.45) is 0. The summed E-state index contributed by atoms with van der Waals surface area (Å²) in [4.78, 5) is 25.4. The van der Waals surface area contributed by atoms with Gasteiger partial charge in [0.2, 0.25) is 0 Å². The van der Waals surface area contributed by atoms with E-state index in [-0.39, 0.29) is 12.5 Å². The molecule has 16 heavy (non-hydrogen) atoms. The molecule has 0 saturated carbocycles. The lowest BCUT2D eigenvalue weighted by Crippen LogP contribution is -2.30. The summed E-state index contributed by atoms with van der Waals surface area (Å²) in [6, 6.07) is 1.51. The van der Waals surface area contributed by atoms with Crippen LogP contribution in [0.5, 0.6) is 5.88 Å². The quantitative estimate of drug-likeness (QED) is 0.633. The van der Waals surface area contributed by atoms with Crippen molar-refractivity contribution in [2.45, 2.75) is 6.92 Å². The van der Waals surface area contributed by atoms with Crippen molar-refractivity contribution in [3.05, 3.63) is 11.8 Å². The van der Waals surface area contributed by atoms with Gasteiger partial charge in [-0.3, -0.25) is 9.63 Å². The van der Waals surface area contributed by atoms with E-state index in [0.717, 1.165) is 0 Å². The summed E-state index contributed by atoms with van der Waals surface area (Å²) < 4.78 is 9.60. The first-order valence-electron chi connectivity index (χ1n) is 4.26. The number of carboxylic acid groups (broad SMARTS) is 1. The van der Waals surface area contributed by atoms with Crippen LogP contribution in [0.2, 0.25) is 0 Å². The van der Waals surface area contributed by atoms with Crippen LogP contribution < -0.4 is 10.2 Å². The Hall–Kier alpha value is -2.09. The zero-order valence-corrected chi connectivity index (χ0v) is 8.43. The van der Waals surface area contributed by atoms with Crippen molar-refractivity contribution < 1.29 is 28.8 Å². The SMILES string of the molecule is Cc1cc(OCC(=O)NOCC(=O)O)no1. The second-order valence-electron chi connectivity index (χ2n) is 2.77. The van der Waals surface area contributed by atoms with E-state index in [4.69, 9.17) is 14.4 Å². The number of aryl methyl sites for hydroxylation is 1. The Morgan fingerprint density at radius 2 is 2.31 bits per heavy atom. The number of aliphatic carboxylic acids is 1. The molecule has 0 unspecified atom stereocenters. The lowest BCUT2D eigenvalue weighted by atomic mass is 10.5. The fourth-order valence-corrected chi connectivity index (χ4v) is 0.759. The Morgan fingerprint density at radius 3 is 2.88 bits per heavy atom. The third kappa shape index (κ3) is 4.42. The Labute approximate surface area is 90.1 Å². The minimum absolute atomic E-state index is 0.172. The molecule has 0 aromatic carbocycles. The molecule has 0 bridgehead atoms. The van der Waals surface area contributed by atoms with E-state index < -0.39 is 18.5 Å². The highest BCUT2D eigenvalue weighted by Gasteiger charge is 2.06. The Kier molecular flexibility index (Phi) is 4.28. The maximum absolute atomic E-state index is 11.0. The van der Waals surface area contributed by atoms with Gasteiger partial charge in [0, 0.05) is 6.07 Å². The van der Waals surface area contributed by atoms with Crippen LogP contribution in [-0.2, 0) is 14.4 Å². The van der Waals surface area contributed by atoms with Gasteiger partial charge in [0.25, 0.3) is 11.8 Å². The number of hydrogen-bond donors (Lipinski definition) is 2. The van der Waals surface area contributed by atoms with Gasteiger partial charge in [-0.25, -0.2) is 10.3 Å². The Bertz CT molecular complexity index is 374. The fraction of sp³-hybridized carbons (Fsp3) is 0.375. The largest absolute Gasteiger partial charge is 0.479 e. The van der Waals surface area contributed by atoms with Crippen LogP contribution in [0.4, 0.5) is 0 Å². The van der Waals surface area contributed by atoms with Crippen molar-refractivity contribution in [2.24, 2.45) is 0 Å². The molecule has 1 aromatic heterocycles. The molecule has 1 heterocycles. The second kappa shape index (κ2) is 5.71. The van der Waals surface area contributed by atoms with Gasteiger partial charge in [-0.1, -0.05) is 0 Å². The molecule has 1 amide bonds. The molecule has 0 spiro atoms. The van der Waals surface area contributed by atoms with E-state index in [1.165, 1.54) is 6.07 Å². The van der Waals surface area contributed by atoms with Gasteiger partial charge < -0.3 is 14.4 Å². The minimum Gasteiger partial charge on any atom is -0.479 e. The molecule has 1 rings (SSSR count). The molecule has 8 heteroatoms. The van der Waals surface area contributed by atoms with Crippen molar-refractivity contribution >= 4 is 11.9 Å². The summed E-state index contributed by atoms with van der Waals surface area (Å²) in [7, 11) is 0. The minimum atomic E-state index is -1.19. The number of hydroxylamine groups is 1. The molecule has 0 aliphatic carbocycles. The first-order valence-corrected chi connectivity index (χ1v) is 4.26. The molecule has 0 aliphatic rings. The standard InChI is InChI=1S/C8H10N2O6/c1-5-2-7(10-16-5)14-3-6(11)9-15-4-8(12)13/h2H,3-4H2,1H3,(H,9,11)(H,12,13). The molecule has 0 fully saturated rings. The lowest BCUT2D eigenvalue weighted by Gasteiger charge is -2.03. The molecule has 0 saturated heterocycles. The van der Waals surface area contributed by atoms with Gasteiger partial charge in [-0.05, 0) is 12.1 Å². The summed E-state index contributed by atoms with van der Waals surface area (Å²) in [5.74, 6) is -1.08. The molecule has 0 atom stereocenters. The highest BCUT2D eigenvalue weighted by molar-refractivity contribution is 5.76. The molecule has 1 aromatic rings. The van der Waals surface area contributed by atoms with Crippen LogP contribution in [0.25, 0.3) is 0 Å². The van der Waals surface area contributed by atoms with Crippen molar-refractivity contribution in [1.29, 1.82) is 0 Å². The van der Waals surface area contributed by atoms with E-state index in [1.807, 2.05) is 5.48 Å². The molecular weight excluding hydrogens is 220 g/mol. The van der Waals surface area contributed by atoms with Gasteiger partial charge in [0.05, 0.1) is 0 Å². The highest BCUT2D eigenvalue weighted by atomic mass is 16.7. The first kappa shape index (κ1) is 12.0. The summed E-state index contributed by atoms with van der Waals surface area (Å²) >= 11 is 0. The van der Waals surface area contributed by atoms with Crippen LogP contribution in [0.1, 0.15) is 5.76 Å². The number of nitrogens with one attached hydrogen (secondary N) is 1. The number of nitrogens with zero attached hydrogens (tertiary/aromatic N) is 1. The number of amides is 1. The van der Waals surface area contributed by atoms with Crippen LogP contribution in [0, 0.1) is 6.92 Å². The zero-order chi connectivity index (χ0) is 12.0. The molecule has 88 valence electrons. The van der Waals surface area contributed by atoms with Crippen molar-refractivity contribution in [2.75, 3.05) is 13.2 Å². The van der Waals surface area contributed by atoms with Crippen molar-refractivity contribution in [1.82, 2.24) is 10.6 Å². The topological polar surface area (TPSA) is 111 Å². The summed E-state index contributed by atoms with van der Waals surface area (Å²) in [5.41, 5.74) is 1.89. The number of carboxylic acids is 1. The molecule has 0 radical (unpaired) electrons. The number of aromatic nitrogens is 1. The Balaban J connectivity index is 2.17. The molecular formula is C8H10N2O6. The maximum Gasteiger partial charge on any atom is 0.332 e. The average molecular weight is 230 g/mol. The molecule has 2 N–H and O–H groups in total. The number of hydrogen-bond acceptors (Lipinski definition) is 6. The van der Waals surface area contributed by atoms with Gasteiger partial charge >= 0.3 is 5.97 Å². The first-order chi connectivity index (χ1) is 7.58. The van der Waals surface area contributed by atoms with Crippen LogP contribution in [0.15, 0.2) is 10.6 Å². The van der Waals surface area contributed by atoms with Crippen molar-refractivity contribution in [3.63, 3.8) is 0 Å². The zero-order valence-electron chi connectivity index (χ0n) is 8.43. The van der Waals surface area contributed by atoms with E-state index in [2.05, 4.69) is 9.99 Å². The third-order valence-electron chi connectivity index (χ3n) is 1.34. The maximum atomic E-state index is 11.0. The summed E-state index contributed by atoms with van der Waals surface area (Å²) in [5, 5.41) is 11.7. The number of carbonyl (C=O) groups is 2. The van der Waals surface area contributed by atoms with Crippen molar-refractivity contribution in [3.8, 4) is 5.88 Å². The van der Waals surface area contributed by atoms with Crippen LogP contribution >= 0.6 is 0 Å². The normalized spacial score (nSPS) is 9.81. The fourth-order valence-electron chi connectivity index (χ4n) is 0.759. The second-order valence-corrected chi connectivity index (χ2v) is 2.77. The van der Waals surface area contributed by atoms with Gasteiger partial charge in [-0.2, -0.15) is 0 Å². The predicted octanol–water partition coefficient (Wildman–Crippen LogP) is -0.506. The smallest absolute Gasteiger partial charge is 0.332 e. The van der Waals surface area contributed by atoms with E-state index >= 15 is 0 Å². The van der Waals surface area contributed by atoms with Crippen LogP contribution in [-0.4, -0.2) is 35.4 Å². The van der Waals surface area contributed by atoms with Crippen LogP contribution in [0.3, 0.4) is 0 Å². The van der Waals surface area contributed by atoms with E-state index in [9.17, 15) is 9.59 Å². The summed E-state index contributed by atoms with van der Waals surface area (Å²) in [6.45, 7) is 0.719. The monoisotopic (exact) mass is 230 g/mol. The number of ether oxygens (including phenoxy) is 1. The average Bonchev–Trinajstić information content (AvgIpc) is 2.61. The van der Waals surface area contributed by atoms with Gasteiger partial charge in [-0.15, -0.1) is 0 Å². The van der Waals surface area contributed by atoms with Gasteiger partial charge in [0.15, 0.2) is 13.2 Å². The lowest BCUT2D eigenvalue weighted by molar-refractivity contribution is -0.149. The third-order valence-corrected chi connectivity index (χ3v) is 1.34. The number of carbonyl (C=O) groups excluding carboxylic acids is 1. The van der Waals surface area contributed by atoms with E-state index in [0.29, 0.717) is 5.76 Å². The number of rotatable bonds is 6. The Morgan fingerprint density at radius 1 is 1.56 bits per heavy atom. The molecule has 8 nitrogen and oxygen atoms in total. The predicted molar refractivity (Wildman–Crippen MR) is 48.5 cm³/mol. The van der Waals surface area contributed by atoms with E-state index in [1.54, 1.807) is 6.92 Å². The highest BCUT2D eigenvalue weighted by Crippen LogP contribution is 2.08. The molecule has 0 aliphatic heterocycles.